The molecule has 1 aromatic carbocycles. The maximum Gasteiger partial charge on any atom is 1.00 e. The first kappa shape index (κ1) is 21.3. The number of aryl methyl sites for hydroxylation is 1. The zero-order valence-corrected chi connectivity index (χ0v) is 15.9. The number of halogens is 1. The molecule has 114 valence electrons. The SMILES string of the molecule is Cc1ccc(S(=O)(=O)[N-]Cl)cc1.N[C@H]1CCCC[C@@H]1O.[Na+]. The monoisotopic (exact) mass is 342 g/mol. The Morgan fingerprint density at radius 2 is 1.76 bits per heavy atom. The average Bonchev–Trinajstić information content (AvgIpc) is 2.43. The molecule has 0 heterocycles. The molecule has 0 amide bonds. The molecule has 1 saturated carbocycles. The number of aliphatic hydroxyl groups is 1. The summed E-state index contributed by atoms with van der Waals surface area (Å²) in [4.78, 5) is 0.114. The van der Waals surface area contributed by atoms with E-state index in [1.807, 2.05) is 6.92 Å². The fraction of sp³-hybridized carbons (Fsp3) is 0.538. The molecule has 1 fully saturated rings. The Hall–Kier alpha value is 0.340. The Kier molecular flexibility index (Phi) is 10.3. The van der Waals surface area contributed by atoms with Crippen LogP contribution in [-0.2, 0) is 10.0 Å². The minimum Gasteiger partial charge on any atom is -0.458 e. The third-order valence-corrected chi connectivity index (χ3v) is 4.79. The number of nitrogens with two attached hydrogens (primary N) is 1. The summed E-state index contributed by atoms with van der Waals surface area (Å²) < 4.78 is 24.8. The van der Waals surface area contributed by atoms with E-state index < -0.39 is 10.0 Å². The van der Waals surface area contributed by atoms with Crippen LogP contribution in [0.4, 0.5) is 0 Å². The minimum absolute atomic E-state index is 0. The predicted octanol–water partition coefficient (Wildman–Crippen LogP) is -0.536. The molecule has 21 heavy (non-hydrogen) atoms. The molecule has 1 aliphatic carbocycles. The molecule has 2 atom stereocenters. The number of benzene rings is 1. The van der Waals surface area contributed by atoms with Gasteiger partial charge in [-0.3, -0.25) is 11.8 Å². The summed E-state index contributed by atoms with van der Waals surface area (Å²) in [6, 6.07) is 6.38. The van der Waals surface area contributed by atoms with Gasteiger partial charge in [-0.2, -0.15) is 0 Å². The van der Waals surface area contributed by atoms with E-state index >= 15 is 0 Å². The predicted molar refractivity (Wildman–Crippen MR) is 80.0 cm³/mol. The molecule has 5 nitrogen and oxygen atoms in total. The van der Waals surface area contributed by atoms with Crippen LogP contribution < -0.4 is 35.3 Å². The topological polar surface area (TPSA) is 94.5 Å². The van der Waals surface area contributed by atoms with Crippen molar-refractivity contribution in [1.29, 1.82) is 0 Å². The summed E-state index contributed by atoms with van der Waals surface area (Å²) in [5, 5.41) is 9.05. The molecule has 1 aromatic rings. The van der Waals surface area contributed by atoms with Gasteiger partial charge in [0.2, 0.25) is 0 Å². The minimum atomic E-state index is -3.62. The summed E-state index contributed by atoms with van der Waals surface area (Å²) in [6.45, 7) is 1.87. The number of rotatable bonds is 2. The summed E-state index contributed by atoms with van der Waals surface area (Å²) in [7, 11) is -3.62. The molecule has 8 heteroatoms. The number of aliphatic hydroxyl groups excluding tert-OH is 1. The van der Waals surface area contributed by atoms with E-state index in [2.05, 4.69) is 4.24 Å². The number of hydrogen-bond donors (Lipinski definition) is 2. The van der Waals surface area contributed by atoms with Gasteiger partial charge in [-0.05, 0) is 31.9 Å². The Morgan fingerprint density at radius 1 is 1.24 bits per heavy atom. The van der Waals surface area contributed by atoms with Gasteiger partial charge in [-0.1, -0.05) is 30.5 Å². The van der Waals surface area contributed by atoms with Crippen molar-refractivity contribution in [2.24, 2.45) is 5.73 Å². The second-order valence-electron chi connectivity index (χ2n) is 4.87. The van der Waals surface area contributed by atoms with Gasteiger partial charge in [0.1, 0.15) is 10.0 Å². The van der Waals surface area contributed by atoms with Crippen molar-refractivity contribution in [3.63, 3.8) is 0 Å². The molecule has 0 unspecified atom stereocenters. The van der Waals surface area contributed by atoms with Gasteiger partial charge in [-0.15, -0.1) is 0 Å². The first-order valence-corrected chi connectivity index (χ1v) is 8.23. The van der Waals surface area contributed by atoms with Gasteiger partial charge >= 0.3 is 29.6 Å². The summed E-state index contributed by atoms with van der Waals surface area (Å²) >= 11 is 4.90. The molecule has 0 radical (unpaired) electrons. The largest absolute Gasteiger partial charge is 1.00 e. The van der Waals surface area contributed by atoms with Gasteiger partial charge in [-0.25, -0.2) is 8.42 Å². The van der Waals surface area contributed by atoms with Crippen molar-refractivity contribution in [2.75, 3.05) is 0 Å². The second kappa shape index (κ2) is 10.2. The Labute approximate surface area is 153 Å². The van der Waals surface area contributed by atoms with E-state index in [4.69, 9.17) is 22.6 Å². The molecular weight excluding hydrogens is 323 g/mol. The van der Waals surface area contributed by atoms with Crippen LogP contribution in [0.2, 0.25) is 0 Å². The van der Waals surface area contributed by atoms with Gasteiger partial charge < -0.3 is 15.1 Å². The van der Waals surface area contributed by atoms with E-state index in [9.17, 15) is 8.42 Å². The van der Waals surface area contributed by atoms with Crippen molar-refractivity contribution >= 4 is 21.8 Å². The third-order valence-electron chi connectivity index (χ3n) is 3.19. The van der Waals surface area contributed by atoms with Crippen LogP contribution in [0.15, 0.2) is 29.2 Å². The molecule has 1 aliphatic rings. The quantitative estimate of drug-likeness (QED) is 0.706. The first-order valence-electron chi connectivity index (χ1n) is 6.45. The molecule has 2 rings (SSSR count). The summed E-state index contributed by atoms with van der Waals surface area (Å²) in [5.74, 6) is 0. The van der Waals surface area contributed by atoms with Crippen molar-refractivity contribution in [2.45, 2.75) is 49.6 Å². The number of sulfonamides is 1. The maximum absolute atomic E-state index is 11.0. The Balaban J connectivity index is 0.000000390. The summed E-state index contributed by atoms with van der Waals surface area (Å²) in [6.07, 6.45) is 4.03. The van der Waals surface area contributed by atoms with E-state index in [0.29, 0.717) is 0 Å². The molecule has 0 saturated heterocycles. The standard InChI is InChI=1S/C7H7ClNO2S.C6H13NO.Na/c1-6-2-4-7(5-3-6)12(10,11)9-8;7-5-3-1-2-4-6(5)8;/h2-5H,1H3;5-6,8H,1-4,7H2;/q-1;;+1/t;5-,6-;/m.0./s1. The smallest absolute Gasteiger partial charge is 0.458 e. The number of hydrogen-bond acceptors (Lipinski definition) is 4. The Bertz CT molecular complexity index is 501. The van der Waals surface area contributed by atoms with Crippen LogP contribution in [0.1, 0.15) is 31.2 Å². The normalized spacial score (nSPS) is 21.7. The molecular formula is C13H20ClN2NaO3S. The van der Waals surface area contributed by atoms with Crippen LogP contribution in [0.5, 0.6) is 0 Å². The van der Waals surface area contributed by atoms with Crippen molar-refractivity contribution < 1.29 is 43.1 Å². The molecule has 0 bridgehead atoms. The maximum atomic E-state index is 11.0. The van der Waals surface area contributed by atoms with E-state index in [1.54, 1.807) is 12.1 Å². The Morgan fingerprint density at radius 3 is 2.14 bits per heavy atom. The third kappa shape index (κ3) is 7.43. The van der Waals surface area contributed by atoms with E-state index in [0.717, 1.165) is 24.8 Å². The molecule has 3 N–H and O–H groups in total. The van der Waals surface area contributed by atoms with Gasteiger partial charge in [0.25, 0.3) is 0 Å². The van der Waals surface area contributed by atoms with Crippen LogP contribution >= 0.6 is 11.8 Å². The van der Waals surface area contributed by atoms with Crippen LogP contribution in [0.3, 0.4) is 0 Å². The van der Waals surface area contributed by atoms with Crippen molar-refractivity contribution in [3.8, 4) is 0 Å². The van der Waals surface area contributed by atoms with E-state index in [-0.39, 0.29) is 46.6 Å². The first-order chi connectivity index (χ1) is 9.36. The fourth-order valence-corrected chi connectivity index (χ4v) is 2.69. The molecule has 0 spiro atoms. The van der Waals surface area contributed by atoms with Crippen LogP contribution in [-0.4, -0.2) is 25.7 Å². The number of nitrogens with zero attached hydrogens (tertiary/aromatic N) is 1. The fourth-order valence-electron chi connectivity index (χ4n) is 1.89. The van der Waals surface area contributed by atoms with Crippen molar-refractivity contribution in [1.82, 2.24) is 0 Å². The van der Waals surface area contributed by atoms with Gasteiger partial charge in [0.15, 0.2) is 0 Å². The zero-order chi connectivity index (χ0) is 15.2. The van der Waals surface area contributed by atoms with Gasteiger partial charge in [0, 0.05) is 10.9 Å². The van der Waals surface area contributed by atoms with Crippen LogP contribution in [0, 0.1) is 6.92 Å². The van der Waals surface area contributed by atoms with Crippen molar-refractivity contribution in [3.05, 3.63) is 34.1 Å². The zero-order valence-electron chi connectivity index (χ0n) is 12.4. The van der Waals surface area contributed by atoms with E-state index in [1.165, 1.54) is 18.6 Å². The average molecular weight is 343 g/mol. The van der Waals surface area contributed by atoms with Gasteiger partial charge in [0.05, 0.1) is 6.10 Å². The second-order valence-corrected chi connectivity index (χ2v) is 6.85. The molecule has 0 aliphatic heterocycles. The molecule has 0 aromatic heterocycles. The van der Waals surface area contributed by atoms with Crippen LogP contribution in [0.25, 0.3) is 4.24 Å². The summed E-state index contributed by atoms with van der Waals surface area (Å²) in [5.41, 5.74) is 6.52.